The molecule has 0 spiro atoms. The number of hydrogen-bond donors (Lipinski definition) is 1. The number of nitrogens with one attached hydrogen (secondary N) is 1. The SMILES string of the molecule is CC(C)NCC(C)(C)CN1CCC(C)(C)CC1. The fourth-order valence-electron chi connectivity index (χ4n) is 2.46. The average Bonchev–Trinajstić information content (AvgIpc) is 2.19. The van der Waals surface area contributed by atoms with Crippen LogP contribution >= 0.6 is 0 Å². The molecule has 1 saturated heterocycles. The van der Waals surface area contributed by atoms with E-state index in [1.165, 1.54) is 32.5 Å². The fourth-order valence-corrected chi connectivity index (χ4v) is 2.46. The van der Waals surface area contributed by atoms with Gasteiger partial charge in [-0.3, -0.25) is 0 Å². The largest absolute Gasteiger partial charge is 0.314 e. The Labute approximate surface area is 108 Å². The van der Waals surface area contributed by atoms with Gasteiger partial charge in [-0.05, 0) is 36.8 Å². The Morgan fingerprint density at radius 1 is 1.18 bits per heavy atom. The Morgan fingerprint density at radius 2 is 1.71 bits per heavy atom. The Morgan fingerprint density at radius 3 is 2.18 bits per heavy atom. The van der Waals surface area contributed by atoms with Gasteiger partial charge in [0.15, 0.2) is 0 Å². The minimum absolute atomic E-state index is 0.381. The van der Waals surface area contributed by atoms with Crippen LogP contribution in [-0.4, -0.2) is 37.1 Å². The average molecular weight is 240 g/mol. The molecule has 1 aliphatic heterocycles. The maximum absolute atomic E-state index is 3.56. The second-order valence-corrected chi connectivity index (χ2v) is 7.64. The number of likely N-dealkylation sites (tertiary alicyclic amines) is 1. The molecule has 0 amide bonds. The molecule has 2 heteroatoms. The van der Waals surface area contributed by atoms with Gasteiger partial charge >= 0.3 is 0 Å². The van der Waals surface area contributed by atoms with Crippen molar-refractivity contribution in [1.29, 1.82) is 0 Å². The van der Waals surface area contributed by atoms with Gasteiger partial charge in [-0.15, -0.1) is 0 Å². The van der Waals surface area contributed by atoms with Crippen molar-refractivity contribution >= 4 is 0 Å². The number of piperidine rings is 1. The van der Waals surface area contributed by atoms with Crippen molar-refractivity contribution in [2.24, 2.45) is 10.8 Å². The van der Waals surface area contributed by atoms with Gasteiger partial charge in [0, 0.05) is 19.1 Å². The minimum atomic E-state index is 0.381. The van der Waals surface area contributed by atoms with Crippen molar-refractivity contribution < 1.29 is 0 Å². The van der Waals surface area contributed by atoms with E-state index < -0.39 is 0 Å². The zero-order valence-electron chi connectivity index (χ0n) is 12.8. The molecule has 1 rings (SSSR count). The number of nitrogens with zero attached hydrogens (tertiary/aromatic N) is 1. The van der Waals surface area contributed by atoms with E-state index in [0.29, 0.717) is 16.9 Å². The third-order valence-corrected chi connectivity index (χ3v) is 3.85. The van der Waals surface area contributed by atoms with Crippen LogP contribution in [0.3, 0.4) is 0 Å². The quantitative estimate of drug-likeness (QED) is 0.794. The molecule has 0 radical (unpaired) electrons. The summed E-state index contributed by atoms with van der Waals surface area (Å²) in [5.74, 6) is 0. The van der Waals surface area contributed by atoms with Crippen LogP contribution in [0.2, 0.25) is 0 Å². The van der Waals surface area contributed by atoms with Gasteiger partial charge in [-0.1, -0.05) is 41.5 Å². The van der Waals surface area contributed by atoms with Gasteiger partial charge < -0.3 is 10.2 Å². The van der Waals surface area contributed by atoms with E-state index in [-0.39, 0.29) is 0 Å². The molecule has 0 aromatic heterocycles. The molecular formula is C15H32N2. The monoisotopic (exact) mass is 240 g/mol. The molecule has 1 heterocycles. The number of hydrogen-bond acceptors (Lipinski definition) is 2. The zero-order valence-corrected chi connectivity index (χ0v) is 12.8. The molecule has 0 atom stereocenters. The van der Waals surface area contributed by atoms with Gasteiger partial charge in [0.25, 0.3) is 0 Å². The molecule has 0 saturated carbocycles. The van der Waals surface area contributed by atoms with E-state index in [4.69, 9.17) is 0 Å². The van der Waals surface area contributed by atoms with E-state index in [9.17, 15) is 0 Å². The third-order valence-electron chi connectivity index (χ3n) is 3.85. The topological polar surface area (TPSA) is 15.3 Å². The second kappa shape index (κ2) is 5.71. The first-order valence-corrected chi connectivity index (χ1v) is 7.16. The van der Waals surface area contributed by atoms with Crippen molar-refractivity contribution in [3.8, 4) is 0 Å². The van der Waals surface area contributed by atoms with E-state index in [1.54, 1.807) is 0 Å². The molecular weight excluding hydrogens is 208 g/mol. The second-order valence-electron chi connectivity index (χ2n) is 7.64. The molecule has 0 bridgehead atoms. The van der Waals surface area contributed by atoms with Crippen LogP contribution in [0.25, 0.3) is 0 Å². The summed E-state index contributed by atoms with van der Waals surface area (Å²) in [7, 11) is 0. The van der Waals surface area contributed by atoms with Gasteiger partial charge in [0.05, 0.1) is 0 Å². The first-order chi connectivity index (χ1) is 7.70. The lowest BCUT2D eigenvalue weighted by Crippen LogP contribution is -2.46. The molecule has 0 unspecified atom stereocenters. The third kappa shape index (κ3) is 5.87. The van der Waals surface area contributed by atoms with E-state index in [2.05, 4.69) is 51.8 Å². The van der Waals surface area contributed by atoms with Gasteiger partial charge in [-0.2, -0.15) is 0 Å². The highest BCUT2D eigenvalue weighted by molar-refractivity contribution is 4.83. The van der Waals surface area contributed by atoms with E-state index >= 15 is 0 Å². The van der Waals surface area contributed by atoms with Crippen LogP contribution in [0.4, 0.5) is 0 Å². The molecule has 2 nitrogen and oxygen atoms in total. The van der Waals surface area contributed by atoms with Crippen molar-refractivity contribution in [3.05, 3.63) is 0 Å². The molecule has 17 heavy (non-hydrogen) atoms. The van der Waals surface area contributed by atoms with Crippen LogP contribution in [0.5, 0.6) is 0 Å². The molecule has 102 valence electrons. The lowest BCUT2D eigenvalue weighted by atomic mass is 9.81. The highest BCUT2D eigenvalue weighted by Crippen LogP contribution is 2.31. The molecule has 1 aliphatic rings. The summed E-state index contributed by atoms with van der Waals surface area (Å²) in [4.78, 5) is 2.65. The van der Waals surface area contributed by atoms with E-state index in [0.717, 1.165) is 6.54 Å². The van der Waals surface area contributed by atoms with Crippen molar-refractivity contribution in [1.82, 2.24) is 10.2 Å². The number of rotatable bonds is 5. The van der Waals surface area contributed by atoms with Crippen molar-refractivity contribution in [2.75, 3.05) is 26.2 Å². The summed E-state index contributed by atoms with van der Waals surface area (Å²) in [5.41, 5.74) is 0.947. The molecule has 0 aromatic carbocycles. The Hall–Kier alpha value is -0.0800. The zero-order chi connectivity index (χ0) is 13.1. The highest BCUT2D eigenvalue weighted by atomic mass is 15.1. The predicted molar refractivity (Wildman–Crippen MR) is 76.4 cm³/mol. The summed E-state index contributed by atoms with van der Waals surface area (Å²) in [5, 5.41) is 3.56. The Bertz CT molecular complexity index is 221. The summed E-state index contributed by atoms with van der Waals surface area (Å²) >= 11 is 0. The van der Waals surface area contributed by atoms with Crippen molar-refractivity contribution in [2.45, 2.75) is 60.4 Å². The summed E-state index contributed by atoms with van der Waals surface area (Å²) < 4.78 is 0. The first kappa shape index (κ1) is 15.0. The Kier molecular flexibility index (Phi) is 5.03. The smallest absolute Gasteiger partial charge is 0.00448 e. The standard InChI is InChI=1S/C15H32N2/c1-13(2)16-11-15(5,6)12-17-9-7-14(3,4)8-10-17/h13,16H,7-12H2,1-6H3. The van der Waals surface area contributed by atoms with Gasteiger partial charge in [0.1, 0.15) is 0 Å². The first-order valence-electron chi connectivity index (χ1n) is 7.16. The van der Waals surface area contributed by atoms with Crippen molar-refractivity contribution in [3.63, 3.8) is 0 Å². The van der Waals surface area contributed by atoms with Crippen LogP contribution < -0.4 is 5.32 Å². The summed E-state index contributed by atoms with van der Waals surface area (Å²) in [6, 6.07) is 0.592. The predicted octanol–water partition coefficient (Wildman–Crippen LogP) is 3.13. The maximum atomic E-state index is 3.56. The minimum Gasteiger partial charge on any atom is -0.314 e. The molecule has 0 aromatic rings. The molecule has 1 N–H and O–H groups in total. The maximum Gasteiger partial charge on any atom is 0.00448 e. The Balaban J connectivity index is 2.33. The van der Waals surface area contributed by atoms with Gasteiger partial charge in [-0.25, -0.2) is 0 Å². The normalized spacial score (nSPS) is 22.1. The van der Waals surface area contributed by atoms with Crippen LogP contribution in [0, 0.1) is 10.8 Å². The molecule has 0 aliphatic carbocycles. The summed E-state index contributed by atoms with van der Waals surface area (Å²) in [6.07, 6.45) is 2.70. The van der Waals surface area contributed by atoms with Crippen LogP contribution in [0.15, 0.2) is 0 Å². The summed E-state index contributed by atoms with van der Waals surface area (Å²) in [6.45, 7) is 18.9. The lowest BCUT2D eigenvalue weighted by Gasteiger charge is -2.40. The molecule has 1 fully saturated rings. The van der Waals surface area contributed by atoms with E-state index in [1.807, 2.05) is 0 Å². The van der Waals surface area contributed by atoms with Gasteiger partial charge in [0.2, 0.25) is 0 Å². The highest BCUT2D eigenvalue weighted by Gasteiger charge is 2.28. The fraction of sp³-hybridized carbons (Fsp3) is 1.00. The van der Waals surface area contributed by atoms with Crippen LogP contribution in [0.1, 0.15) is 54.4 Å². The van der Waals surface area contributed by atoms with Crippen LogP contribution in [-0.2, 0) is 0 Å². The lowest BCUT2D eigenvalue weighted by molar-refractivity contribution is 0.0936.